The molecular weight excluding hydrogens is 302 g/mol. The zero-order valence-electron chi connectivity index (χ0n) is 12.7. The Labute approximate surface area is 130 Å². The van der Waals surface area contributed by atoms with Crippen molar-refractivity contribution in [2.75, 3.05) is 0 Å². The summed E-state index contributed by atoms with van der Waals surface area (Å²) in [6.07, 6.45) is 0.304. The molecule has 2 rings (SSSR count). The summed E-state index contributed by atoms with van der Waals surface area (Å²) in [6, 6.07) is 3.31. The Morgan fingerprint density at radius 3 is 2.30 bits per heavy atom. The standard InChI is InChI=1S/C15H17N3O5/c1-7(2)5-11(15(22)23)18-12(19)8-3-4-9-10(6-8)17-14(21)13(20)16-9/h3-4,6-7,11H,5H2,1-2H3,(H,16,20)(H,17,21)(H,18,19)(H,22,23). The van der Waals surface area contributed by atoms with Crippen LogP contribution in [-0.2, 0) is 4.79 Å². The van der Waals surface area contributed by atoms with Gasteiger partial charge < -0.3 is 20.4 Å². The first-order valence-corrected chi connectivity index (χ1v) is 7.08. The first-order chi connectivity index (χ1) is 10.8. The summed E-state index contributed by atoms with van der Waals surface area (Å²) in [7, 11) is 0. The van der Waals surface area contributed by atoms with Gasteiger partial charge in [-0.2, -0.15) is 0 Å². The molecule has 0 aliphatic rings. The number of carbonyl (C=O) groups is 2. The van der Waals surface area contributed by atoms with Crippen LogP contribution < -0.4 is 16.4 Å². The summed E-state index contributed by atoms with van der Waals surface area (Å²) in [5.41, 5.74) is -0.743. The zero-order valence-corrected chi connectivity index (χ0v) is 12.7. The lowest BCUT2D eigenvalue weighted by Crippen LogP contribution is -2.41. The van der Waals surface area contributed by atoms with Gasteiger partial charge in [-0.1, -0.05) is 13.8 Å². The van der Waals surface area contributed by atoms with Crippen molar-refractivity contribution in [1.29, 1.82) is 0 Å². The number of nitrogens with one attached hydrogen (secondary N) is 3. The van der Waals surface area contributed by atoms with Crippen LogP contribution in [0.5, 0.6) is 0 Å². The van der Waals surface area contributed by atoms with Gasteiger partial charge in [-0.3, -0.25) is 14.4 Å². The van der Waals surface area contributed by atoms with E-state index in [4.69, 9.17) is 5.11 Å². The molecule has 8 nitrogen and oxygen atoms in total. The van der Waals surface area contributed by atoms with Crippen LogP contribution in [0.3, 0.4) is 0 Å². The molecule has 8 heteroatoms. The molecule has 1 heterocycles. The molecular formula is C15H17N3O5. The summed E-state index contributed by atoms with van der Waals surface area (Å²) in [5.74, 6) is -1.56. The lowest BCUT2D eigenvalue weighted by molar-refractivity contribution is -0.139. The second-order valence-electron chi connectivity index (χ2n) is 5.66. The number of aromatic amines is 2. The number of aliphatic carboxylic acids is 1. The number of hydrogen-bond acceptors (Lipinski definition) is 4. The highest BCUT2D eigenvalue weighted by Crippen LogP contribution is 2.11. The summed E-state index contributed by atoms with van der Waals surface area (Å²) in [4.78, 5) is 50.7. The number of carboxylic acids is 1. The van der Waals surface area contributed by atoms with Crippen LogP contribution in [0.15, 0.2) is 27.8 Å². The first-order valence-electron chi connectivity index (χ1n) is 7.08. The predicted molar refractivity (Wildman–Crippen MR) is 83.5 cm³/mol. The molecule has 0 fully saturated rings. The molecule has 1 amide bonds. The highest BCUT2D eigenvalue weighted by molar-refractivity contribution is 5.99. The number of carboxylic acid groups (broad SMARTS) is 1. The summed E-state index contributed by atoms with van der Waals surface area (Å²) in [5, 5.41) is 11.6. The lowest BCUT2D eigenvalue weighted by atomic mass is 10.0. The molecule has 4 N–H and O–H groups in total. The average Bonchev–Trinajstić information content (AvgIpc) is 2.46. The Balaban J connectivity index is 2.30. The monoisotopic (exact) mass is 319 g/mol. The van der Waals surface area contributed by atoms with Crippen LogP contribution in [0.1, 0.15) is 30.6 Å². The molecule has 0 radical (unpaired) electrons. The Kier molecular flexibility index (Phi) is 4.63. The van der Waals surface area contributed by atoms with E-state index in [-0.39, 0.29) is 17.0 Å². The molecule has 23 heavy (non-hydrogen) atoms. The van der Waals surface area contributed by atoms with Gasteiger partial charge in [0.25, 0.3) is 5.91 Å². The number of amides is 1. The van der Waals surface area contributed by atoms with Gasteiger partial charge in [-0.15, -0.1) is 0 Å². The molecule has 122 valence electrons. The van der Waals surface area contributed by atoms with Crippen LogP contribution in [0.2, 0.25) is 0 Å². The van der Waals surface area contributed by atoms with Gasteiger partial charge in [-0.05, 0) is 30.5 Å². The molecule has 0 saturated carbocycles. The van der Waals surface area contributed by atoms with Gasteiger partial charge >= 0.3 is 17.1 Å². The van der Waals surface area contributed by atoms with Crippen molar-refractivity contribution < 1.29 is 14.7 Å². The zero-order chi connectivity index (χ0) is 17.1. The van der Waals surface area contributed by atoms with Crippen molar-refractivity contribution in [3.8, 4) is 0 Å². The van der Waals surface area contributed by atoms with E-state index in [0.29, 0.717) is 11.9 Å². The van der Waals surface area contributed by atoms with E-state index in [0.717, 1.165) is 0 Å². The van der Waals surface area contributed by atoms with Crippen LogP contribution in [0.25, 0.3) is 11.0 Å². The van der Waals surface area contributed by atoms with Crippen LogP contribution in [0.4, 0.5) is 0 Å². The maximum atomic E-state index is 12.2. The van der Waals surface area contributed by atoms with Crippen LogP contribution >= 0.6 is 0 Å². The van der Waals surface area contributed by atoms with E-state index in [9.17, 15) is 19.2 Å². The van der Waals surface area contributed by atoms with E-state index in [2.05, 4.69) is 15.3 Å². The SMILES string of the molecule is CC(C)CC(NC(=O)c1ccc2[nH]c(=O)c(=O)[nH]c2c1)C(=O)O. The molecule has 1 aromatic carbocycles. The highest BCUT2D eigenvalue weighted by atomic mass is 16.4. The summed E-state index contributed by atoms with van der Waals surface area (Å²) >= 11 is 0. The third-order valence-electron chi connectivity index (χ3n) is 3.29. The number of hydrogen-bond donors (Lipinski definition) is 4. The maximum absolute atomic E-state index is 12.2. The van der Waals surface area contributed by atoms with Crippen molar-refractivity contribution in [3.05, 3.63) is 44.5 Å². The highest BCUT2D eigenvalue weighted by Gasteiger charge is 2.21. The molecule has 0 bridgehead atoms. The fourth-order valence-corrected chi connectivity index (χ4v) is 2.19. The van der Waals surface area contributed by atoms with E-state index in [1.54, 1.807) is 0 Å². The van der Waals surface area contributed by atoms with Gasteiger partial charge in [0.15, 0.2) is 0 Å². The first kappa shape index (κ1) is 16.5. The molecule has 1 unspecified atom stereocenters. The number of rotatable bonds is 5. The van der Waals surface area contributed by atoms with Crippen molar-refractivity contribution in [3.63, 3.8) is 0 Å². The molecule has 1 atom stereocenters. The Morgan fingerprint density at radius 1 is 1.13 bits per heavy atom. The number of carbonyl (C=O) groups excluding carboxylic acids is 1. The number of fused-ring (bicyclic) bond motifs is 1. The van der Waals surface area contributed by atoms with Crippen LogP contribution in [-0.4, -0.2) is 33.0 Å². The number of H-pyrrole nitrogens is 2. The lowest BCUT2D eigenvalue weighted by Gasteiger charge is -2.16. The smallest absolute Gasteiger partial charge is 0.326 e. The minimum absolute atomic E-state index is 0.106. The van der Waals surface area contributed by atoms with Crippen LogP contribution in [0, 0.1) is 5.92 Å². The van der Waals surface area contributed by atoms with Gasteiger partial charge in [-0.25, -0.2) is 4.79 Å². The summed E-state index contributed by atoms with van der Waals surface area (Å²) in [6.45, 7) is 3.72. The Hall–Kier alpha value is -2.90. The van der Waals surface area contributed by atoms with E-state index in [1.165, 1.54) is 18.2 Å². The van der Waals surface area contributed by atoms with E-state index >= 15 is 0 Å². The van der Waals surface area contributed by atoms with E-state index < -0.39 is 29.0 Å². The molecule has 0 aliphatic heterocycles. The van der Waals surface area contributed by atoms with Gasteiger partial charge in [0.05, 0.1) is 11.0 Å². The molecule has 0 spiro atoms. The van der Waals surface area contributed by atoms with Crippen molar-refractivity contribution in [2.45, 2.75) is 26.3 Å². The topological polar surface area (TPSA) is 132 Å². The maximum Gasteiger partial charge on any atom is 0.326 e. The Bertz CT molecular complexity index is 865. The third-order valence-corrected chi connectivity index (χ3v) is 3.29. The van der Waals surface area contributed by atoms with Crippen molar-refractivity contribution in [2.24, 2.45) is 5.92 Å². The van der Waals surface area contributed by atoms with Crippen molar-refractivity contribution >= 4 is 22.9 Å². The Morgan fingerprint density at radius 2 is 1.74 bits per heavy atom. The average molecular weight is 319 g/mol. The largest absolute Gasteiger partial charge is 0.480 e. The number of aromatic nitrogens is 2. The normalized spacial score (nSPS) is 12.3. The van der Waals surface area contributed by atoms with Gasteiger partial charge in [0, 0.05) is 5.56 Å². The fraction of sp³-hybridized carbons (Fsp3) is 0.333. The summed E-state index contributed by atoms with van der Waals surface area (Å²) < 4.78 is 0. The third kappa shape index (κ3) is 3.85. The van der Waals surface area contributed by atoms with Gasteiger partial charge in [0.2, 0.25) is 0 Å². The second kappa shape index (κ2) is 6.47. The van der Waals surface area contributed by atoms with Gasteiger partial charge in [0.1, 0.15) is 6.04 Å². The molecule has 0 saturated heterocycles. The minimum atomic E-state index is -1.11. The molecule has 2 aromatic rings. The minimum Gasteiger partial charge on any atom is -0.480 e. The molecule has 1 aromatic heterocycles. The quantitative estimate of drug-likeness (QED) is 0.594. The second-order valence-corrected chi connectivity index (χ2v) is 5.66. The predicted octanol–water partition coefficient (Wildman–Crippen LogP) is 0.445. The van der Waals surface area contributed by atoms with Crippen molar-refractivity contribution in [1.82, 2.24) is 15.3 Å². The van der Waals surface area contributed by atoms with E-state index in [1.807, 2.05) is 13.8 Å². The number of benzene rings is 1. The molecule has 0 aliphatic carbocycles. The fourth-order valence-electron chi connectivity index (χ4n) is 2.19.